The van der Waals surface area contributed by atoms with E-state index in [1.807, 2.05) is 0 Å². The van der Waals surface area contributed by atoms with Crippen molar-refractivity contribution in [2.45, 2.75) is 25.0 Å². The van der Waals surface area contributed by atoms with Crippen LogP contribution in [0.25, 0.3) is 0 Å². The molecule has 1 fully saturated rings. The van der Waals surface area contributed by atoms with Gasteiger partial charge in [0.25, 0.3) is 0 Å². The van der Waals surface area contributed by atoms with Crippen LogP contribution in [0, 0.1) is 5.82 Å². The van der Waals surface area contributed by atoms with E-state index in [0.717, 1.165) is 0 Å². The molecular formula is C12H14FNO4. The Bertz CT molecular complexity index is 446. The predicted molar refractivity (Wildman–Crippen MR) is 61.6 cm³/mol. The molecule has 0 radical (unpaired) electrons. The molecule has 1 amide bonds. The zero-order valence-corrected chi connectivity index (χ0v) is 9.85. The highest BCUT2D eigenvalue weighted by atomic mass is 19.1. The maximum absolute atomic E-state index is 13.1. The molecule has 0 spiro atoms. The third kappa shape index (κ3) is 2.82. The molecule has 0 saturated heterocycles. The Morgan fingerprint density at radius 2 is 2.17 bits per heavy atom. The van der Waals surface area contributed by atoms with Gasteiger partial charge in [-0.2, -0.15) is 0 Å². The summed E-state index contributed by atoms with van der Waals surface area (Å²) < 4.78 is 23.7. The number of hydrogen-bond donors (Lipinski definition) is 2. The first-order valence-electron chi connectivity index (χ1n) is 5.58. The predicted octanol–water partition coefficient (Wildman–Crippen LogP) is 2.01. The molecule has 1 aliphatic carbocycles. The smallest absolute Gasteiger partial charge is 0.404 e. The summed E-state index contributed by atoms with van der Waals surface area (Å²) in [6.07, 6.45) is -0.00266. The Morgan fingerprint density at radius 3 is 2.78 bits per heavy atom. The third-order valence-corrected chi connectivity index (χ3v) is 2.84. The highest BCUT2D eigenvalue weighted by Crippen LogP contribution is 2.32. The molecule has 1 aliphatic rings. The minimum atomic E-state index is -1.04. The third-order valence-electron chi connectivity index (χ3n) is 2.84. The molecule has 2 N–H and O–H groups in total. The highest BCUT2D eigenvalue weighted by molar-refractivity contribution is 5.65. The van der Waals surface area contributed by atoms with E-state index in [4.69, 9.17) is 14.6 Å². The molecule has 0 atom stereocenters. The molecule has 0 unspecified atom stereocenters. The molecule has 98 valence electrons. The van der Waals surface area contributed by atoms with Gasteiger partial charge in [0.1, 0.15) is 11.9 Å². The number of methoxy groups -OCH3 is 1. The number of amides is 1. The van der Waals surface area contributed by atoms with Gasteiger partial charge in [0.2, 0.25) is 0 Å². The van der Waals surface area contributed by atoms with Crippen molar-refractivity contribution in [3.05, 3.63) is 24.0 Å². The van der Waals surface area contributed by atoms with Gasteiger partial charge >= 0.3 is 6.09 Å². The molecular weight excluding hydrogens is 241 g/mol. The Morgan fingerprint density at radius 1 is 1.44 bits per heavy atom. The van der Waals surface area contributed by atoms with Gasteiger partial charge in [0, 0.05) is 24.9 Å². The van der Waals surface area contributed by atoms with Crippen LogP contribution in [0.1, 0.15) is 12.8 Å². The van der Waals surface area contributed by atoms with Crippen LogP contribution in [-0.4, -0.2) is 30.5 Å². The fourth-order valence-corrected chi connectivity index (χ4v) is 1.88. The van der Waals surface area contributed by atoms with Crippen molar-refractivity contribution in [3.63, 3.8) is 0 Å². The fourth-order valence-electron chi connectivity index (χ4n) is 1.88. The van der Waals surface area contributed by atoms with E-state index in [2.05, 4.69) is 5.32 Å². The highest BCUT2D eigenvalue weighted by Gasteiger charge is 2.32. The van der Waals surface area contributed by atoms with Gasteiger partial charge < -0.3 is 19.9 Å². The number of halogens is 1. The first kappa shape index (κ1) is 12.5. The maximum Gasteiger partial charge on any atom is 0.404 e. The Balaban J connectivity index is 1.91. The molecule has 0 bridgehead atoms. The Labute approximate surface area is 104 Å². The first-order valence-corrected chi connectivity index (χ1v) is 5.58. The second kappa shape index (κ2) is 5.12. The van der Waals surface area contributed by atoms with Crippen LogP contribution >= 0.6 is 0 Å². The van der Waals surface area contributed by atoms with E-state index in [-0.39, 0.29) is 12.1 Å². The average Bonchev–Trinajstić information content (AvgIpc) is 2.26. The van der Waals surface area contributed by atoms with Crippen LogP contribution in [-0.2, 0) is 0 Å². The van der Waals surface area contributed by atoms with E-state index >= 15 is 0 Å². The van der Waals surface area contributed by atoms with Crippen LogP contribution < -0.4 is 14.8 Å². The molecule has 1 aromatic rings. The Kier molecular flexibility index (Phi) is 3.55. The summed E-state index contributed by atoms with van der Waals surface area (Å²) >= 11 is 0. The number of benzene rings is 1. The summed E-state index contributed by atoms with van der Waals surface area (Å²) in [7, 11) is 1.48. The van der Waals surface area contributed by atoms with E-state index < -0.39 is 11.9 Å². The number of carbonyl (C=O) groups is 1. The SMILES string of the molecule is COc1ccc(F)cc1O[C@H]1C[C@H](NC(=O)O)C1. The molecule has 1 aromatic carbocycles. The van der Waals surface area contributed by atoms with Crippen molar-refractivity contribution >= 4 is 6.09 Å². The van der Waals surface area contributed by atoms with Crippen LogP contribution in [0.2, 0.25) is 0 Å². The largest absolute Gasteiger partial charge is 0.493 e. The van der Waals surface area contributed by atoms with Gasteiger partial charge in [-0.1, -0.05) is 0 Å². The van der Waals surface area contributed by atoms with E-state index in [1.54, 1.807) is 0 Å². The van der Waals surface area contributed by atoms with Crippen LogP contribution in [0.4, 0.5) is 9.18 Å². The molecule has 0 aliphatic heterocycles. The maximum atomic E-state index is 13.1. The summed E-state index contributed by atoms with van der Waals surface area (Å²) in [5.74, 6) is 0.410. The zero-order chi connectivity index (χ0) is 13.1. The van der Waals surface area contributed by atoms with Gasteiger partial charge in [0.05, 0.1) is 7.11 Å². The van der Waals surface area contributed by atoms with Crippen LogP contribution in [0.15, 0.2) is 18.2 Å². The van der Waals surface area contributed by atoms with E-state index in [0.29, 0.717) is 24.3 Å². The van der Waals surface area contributed by atoms with E-state index in [1.165, 1.54) is 25.3 Å². The van der Waals surface area contributed by atoms with Gasteiger partial charge in [-0.05, 0) is 12.1 Å². The van der Waals surface area contributed by atoms with Gasteiger partial charge in [-0.3, -0.25) is 0 Å². The minimum absolute atomic E-state index is 0.0907. The molecule has 2 rings (SSSR count). The van der Waals surface area contributed by atoms with Gasteiger partial charge in [-0.15, -0.1) is 0 Å². The summed E-state index contributed by atoms with van der Waals surface area (Å²) in [5, 5.41) is 10.9. The van der Waals surface area contributed by atoms with Crippen molar-refractivity contribution in [1.82, 2.24) is 5.32 Å². The number of ether oxygens (including phenoxy) is 2. The lowest BCUT2D eigenvalue weighted by molar-refractivity contribution is 0.0803. The van der Waals surface area contributed by atoms with Gasteiger partial charge in [-0.25, -0.2) is 9.18 Å². The molecule has 18 heavy (non-hydrogen) atoms. The molecule has 5 nitrogen and oxygen atoms in total. The molecule has 0 heterocycles. The van der Waals surface area contributed by atoms with Crippen LogP contribution in [0.3, 0.4) is 0 Å². The first-order chi connectivity index (χ1) is 8.58. The molecule has 0 aromatic heterocycles. The lowest BCUT2D eigenvalue weighted by Crippen LogP contribution is -2.48. The summed E-state index contributed by atoms with van der Waals surface area (Å²) in [5.41, 5.74) is 0. The fraction of sp³-hybridized carbons (Fsp3) is 0.417. The normalized spacial score (nSPS) is 21.9. The average molecular weight is 255 g/mol. The van der Waals surface area contributed by atoms with Crippen molar-refractivity contribution < 1.29 is 23.8 Å². The quantitative estimate of drug-likeness (QED) is 0.863. The molecule has 6 heteroatoms. The van der Waals surface area contributed by atoms with Gasteiger partial charge in [0.15, 0.2) is 11.5 Å². The second-order valence-corrected chi connectivity index (χ2v) is 4.15. The number of nitrogens with one attached hydrogen (secondary N) is 1. The van der Waals surface area contributed by atoms with Crippen LogP contribution in [0.5, 0.6) is 11.5 Å². The van der Waals surface area contributed by atoms with Crippen molar-refractivity contribution in [2.24, 2.45) is 0 Å². The van der Waals surface area contributed by atoms with Crippen molar-refractivity contribution in [1.29, 1.82) is 0 Å². The summed E-state index contributed by atoms with van der Waals surface area (Å²) in [6, 6.07) is 3.96. The monoisotopic (exact) mass is 255 g/mol. The standard InChI is InChI=1S/C12H14FNO4/c1-17-10-3-2-7(13)4-11(10)18-9-5-8(6-9)14-12(15)16/h2-4,8-9,14H,5-6H2,1H3,(H,15,16)/t8-,9-. The van der Waals surface area contributed by atoms with E-state index in [9.17, 15) is 9.18 Å². The lowest BCUT2D eigenvalue weighted by atomic mass is 9.89. The summed E-state index contributed by atoms with van der Waals surface area (Å²) in [4.78, 5) is 10.4. The Hall–Kier alpha value is -1.98. The van der Waals surface area contributed by atoms with Crippen molar-refractivity contribution in [3.8, 4) is 11.5 Å². The lowest BCUT2D eigenvalue weighted by Gasteiger charge is -2.35. The molecule has 1 saturated carbocycles. The number of hydrogen-bond acceptors (Lipinski definition) is 3. The summed E-state index contributed by atoms with van der Waals surface area (Å²) in [6.45, 7) is 0. The van der Waals surface area contributed by atoms with Crippen molar-refractivity contribution in [2.75, 3.05) is 7.11 Å². The zero-order valence-electron chi connectivity index (χ0n) is 9.85. The number of rotatable bonds is 4. The topological polar surface area (TPSA) is 67.8 Å². The number of carboxylic acid groups (broad SMARTS) is 1. The second-order valence-electron chi connectivity index (χ2n) is 4.15. The minimum Gasteiger partial charge on any atom is -0.493 e.